The number of likely N-dealkylation sites (N-methyl/N-ethyl adjacent to an activating group) is 1. The van der Waals surface area contributed by atoms with Gasteiger partial charge in [0.05, 0.1) is 20.9 Å². The van der Waals surface area contributed by atoms with Gasteiger partial charge in [0.2, 0.25) is 5.91 Å². The molecule has 2 aromatic heterocycles. The number of carbonyl (C=O) groups excluding carboxylic acids is 2. The first kappa shape index (κ1) is 20.6. The Morgan fingerprint density at radius 1 is 1.36 bits per heavy atom. The summed E-state index contributed by atoms with van der Waals surface area (Å²) in [5.74, 6) is -1.14. The largest absolute Gasteiger partial charge is 0.332 e. The second-order valence-corrected chi connectivity index (χ2v) is 9.35. The molecule has 0 aliphatic carbocycles. The third-order valence-corrected chi connectivity index (χ3v) is 6.47. The molecule has 0 bridgehead atoms. The van der Waals surface area contributed by atoms with Crippen molar-refractivity contribution >= 4 is 56.5 Å². The SMILES string of the molecule is CN(CC(=O)Nc1cc(F)ccc1Sc1nccn1C)C(=O)c1ccc(Br)s1. The number of imidazole rings is 1. The summed E-state index contributed by atoms with van der Waals surface area (Å²) < 4.78 is 16.4. The molecule has 0 aliphatic rings. The maximum atomic E-state index is 13.7. The summed E-state index contributed by atoms with van der Waals surface area (Å²) in [5, 5.41) is 3.40. The zero-order valence-corrected chi connectivity index (χ0v) is 18.2. The van der Waals surface area contributed by atoms with Crippen LogP contribution in [0.15, 0.2) is 56.6 Å². The minimum absolute atomic E-state index is 0.155. The van der Waals surface area contributed by atoms with Gasteiger partial charge in [0, 0.05) is 31.4 Å². The molecule has 0 saturated carbocycles. The van der Waals surface area contributed by atoms with Gasteiger partial charge in [0.25, 0.3) is 5.91 Å². The highest BCUT2D eigenvalue weighted by Crippen LogP contribution is 2.33. The van der Waals surface area contributed by atoms with Crippen LogP contribution in [-0.4, -0.2) is 39.9 Å². The fourth-order valence-electron chi connectivity index (χ4n) is 2.33. The van der Waals surface area contributed by atoms with E-state index in [1.807, 2.05) is 11.6 Å². The Morgan fingerprint density at radius 3 is 2.79 bits per heavy atom. The lowest BCUT2D eigenvalue weighted by Gasteiger charge is -2.17. The van der Waals surface area contributed by atoms with Gasteiger partial charge in [-0.05, 0) is 58.0 Å². The molecule has 1 N–H and O–H groups in total. The Morgan fingerprint density at radius 2 is 2.14 bits per heavy atom. The van der Waals surface area contributed by atoms with Crippen molar-refractivity contribution in [2.75, 3.05) is 18.9 Å². The number of carbonyl (C=O) groups is 2. The maximum absolute atomic E-state index is 13.7. The van der Waals surface area contributed by atoms with Crippen LogP contribution >= 0.6 is 39.0 Å². The molecular formula is C18H16BrFN4O2S2. The fraction of sp³-hybridized carbons (Fsp3) is 0.167. The number of thiophene rings is 1. The monoisotopic (exact) mass is 482 g/mol. The van der Waals surface area contributed by atoms with Crippen molar-refractivity contribution in [1.29, 1.82) is 0 Å². The number of anilines is 1. The second kappa shape index (κ2) is 8.89. The van der Waals surface area contributed by atoms with Gasteiger partial charge in [-0.15, -0.1) is 11.3 Å². The van der Waals surface area contributed by atoms with Crippen molar-refractivity contribution in [1.82, 2.24) is 14.5 Å². The fourth-order valence-corrected chi connectivity index (χ4v) is 4.58. The van der Waals surface area contributed by atoms with E-state index in [0.717, 1.165) is 3.79 Å². The Balaban J connectivity index is 1.70. The van der Waals surface area contributed by atoms with Crippen molar-refractivity contribution in [3.8, 4) is 0 Å². The summed E-state index contributed by atoms with van der Waals surface area (Å²) in [6, 6.07) is 7.63. The van der Waals surface area contributed by atoms with E-state index in [0.29, 0.717) is 20.6 Å². The van der Waals surface area contributed by atoms with E-state index in [9.17, 15) is 14.0 Å². The van der Waals surface area contributed by atoms with Gasteiger partial charge < -0.3 is 14.8 Å². The summed E-state index contributed by atoms with van der Waals surface area (Å²) >= 11 is 5.92. The predicted molar refractivity (Wildman–Crippen MR) is 111 cm³/mol. The molecule has 10 heteroatoms. The van der Waals surface area contributed by atoms with Crippen LogP contribution in [0.2, 0.25) is 0 Å². The molecule has 6 nitrogen and oxygen atoms in total. The zero-order chi connectivity index (χ0) is 20.3. The van der Waals surface area contributed by atoms with Crippen molar-refractivity contribution < 1.29 is 14.0 Å². The summed E-state index contributed by atoms with van der Waals surface area (Å²) in [6.45, 7) is -0.155. The molecule has 0 unspecified atom stereocenters. The normalized spacial score (nSPS) is 10.7. The zero-order valence-electron chi connectivity index (χ0n) is 15.0. The average Bonchev–Trinajstić information content (AvgIpc) is 3.25. The van der Waals surface area contributed by atoms with Gasteiger partial charge in [-0.1, -0.05) is 0 Å². The summed E-state index contributed by atoms with van der Waals surface area (Å²) in [4.78, 5) is 31.5. The number of hydrogen-bond donors (Lipinski definition) is 1. The van der Waals surface area contributed by atoms with Crippen LogP contribution in [0, 0.1) is 5.82 Å². The van der Waals surface area contributed by atoms with Crippen molar-refractivity contribution in [2.45, 2.75) is 10.1 Å². The number of aromatic nitrogens is 2. The molecule has 0 aliphatic heterocycles. The first-order valence-electron chi connectivity index (χ1n) is 8.09. The number of aryl methyl sites for hydroxylation is 1. The molecule has 0 atom stereocenters. The molecule has 2 heterocycles. The highest BCUT2D eigenvalue weighted by molar-refractivity contribution is 9.11. The lowest BCUT2D eigenvalue weighted by atomic mass is 10.3. The van der Waals surface area contributed by atoms with Gasteiger partial charge in [-0.3, -0.25) is 9.59 Å². The van der Waals surface area contributed by atoms with Crippen LogP contribution in [0.4, 0.5) is 10.1 Å². The number of hydrogen-bond acceptors (Lipinski definition) is 5. The molecule has 2 amide bonds. The Kier molecular flexibility index (Phi) is 6.53. The molecule has 0 radical (unpaired) electrons. The van der Waals surface area contributed by atoms with Crippen LogP contribution in [0.1, 0.15) is 9.67 Å². The van der Waals surface area contributed by atoms with E-state index in [4.69, 9.17) is 0 Å². The third-order valence-electron chi connectivity index (χ3n) is 3.71. The standard InChI is InChI=1S/C18H16BrFN4O2S2/c1-23-8-7-21-18(23)28-13-4-3-11(20)9-12(13)22-16(25)10-24(2)17(26)14-5-6-15(19)27-14/h3-9H,10H2,1-2H3,(H,22,25). The number of benzene rings is 1. The number of nitrogens with one attached hydrogen (secondary N) is 1. The third kappa shape index (κ3) is 5.00. The summed E-state index contributed by atoms with van der Waals surface area (Å²) in [5.41, 5.74) is 0.331. The maximum Gasteiger partial charge on any atom is 0.264 e. The van der Waals surface area contributed by atoms with Crippen LogP contribution < -0.4 is 5.32 Å². The van der Waals surface area contributed by atoms with Crippen LogP contribution in [0.3, 0.4) is 0 Å². The first-order valence-corrected chi connectivity index (χ1v) is 10.5. The number of nitrogens with zero attached hydrogens (tertiary/aromatic N) is 3. The molecule has 0 spiro atoms. The van der Waals surface area contributed by atoms with Crippen molar-refractivity contribution in [3.63, 3.8) is 0 Å². The smallest absolute Gasteiger partial charge is 0.264 e. The number of halogens is 2. The average molecular weight is 483 g/mol. The van der Waals surface area contributed by atoms with E-state index >= 15 is 0 Å². The molecule has 3 rings (SSSR count). The topological polar surface area (TPSA) is 67.2 Å². The van der Waals surface area contributed by atoms with E-state index in [-0.39, 0.29) is 12.5 Å². The van der Waals surface area contributed by atoms with Gasteiger partial charge in [-0.2, -0.15) is 0 Å². The van der Waals surface area contributed by atoms with E-state index in [1.54, 1.807) is 37.6 Å². The molecule has 1 aromatic carbocycles. The minimum atomic E-state index is -0.465. The van der Waals surface area contributed by atoms with Gasteiger partial charge in [0.15, 0.2) is 5.16 Å². The molecule has 3 aromatic rings. The lowest BCUT2D eigenvalue weighted by Crippen LogP contribution is -2.34. The quantitative estimate of drug-likeness (QED) is 0.570. The Labute approximate surface area is 177 Å². The van der Waals surface area contributed by atoms with Gasteiger partial charge in [0.1, 0.15) is 5.82 Å². The van der Waals surface area contributed by atoms with Gasteiger partial charge >= 0.3 is 0 Å². The van der Waals surface area contributed by atoms with E-state index in [1.165, 1.54) is 40.1 Å². The highest BCUT2D eigenvalue weighted by atomic mass is 79.9. The minimum Gasteiger partial charge on any atom is -0.332 e. The highest BCUT2D eigenvalue weighted by Gasteiger charge is 2.18. The summed E-state index contributed by atoms with van der Waals surface area (Å²) in [6.07, 6.45) is 3.46. The molecule has 28 heavy (non-hydrogen) atoms. The predicted octanol–water partition coefficient (Wildman–Crippen LogP) is 4.25. The van der Waals surface area contributed by atoms with E-state index < -0.39 is 11.7 Å². The molecular weight excluding hydrogens is 467 g/mol. The Hall–Kier alpha value is -2.17. The molecule has 0 saturated heterocycles. The van der Waals surface area contributed by atoms with Crippen LogP contribution in [0.5, 0.6) is 0 Å². The van der Waals surface area contributed by atoms with E-state index in [2.05, 4.69) is 26.2 Å². The summed E-state index contributed by atoms with van der Waals surface area (Å²) in [7, 11) is 3.39. The first-order chi connectivity index (χ1) is 13.3. The van der Waals surface area contributed by atoms with Gasteiger partial charge in [-0.25, -0.2) is 9.37 Å². The van der Waals surface area contributed by atoms with Crippen LogP contribution in [-0.2, 0) is 11.8 Å². The Bertz CT molecular complexity index is 1020. The molecule has 146 valence electrons. The number of rotatable bonds is 6. The van der Waals surface area contributed by atoms with Crippen molar-refractivity contribution in [3.05, 3.63) is 57.2 Å². The second-order valence-electron chi connectivity index (χ2n) is 5.88. The number of amides is 2. The van der Waals surface area contributed by atoms with Crippen molar-refractivity contribution in [2.24, 2.45) is 7.05 Å². The van der Waals surface area contributed by atoms with Crippen LogP contribution in [0.25, 0.3) is 0 Å². The lowest BCUT2D eigenvalue weighted by molar-refractivity contribution is -0.116. The molecule has 0 fully saturated rings.